The number of carboxylic acids is 1. The fraction of sp³-hybridized carbons (Fsp3) is 0.333. The van der Waals surface area contributed by atoms with Crippen LogP contribution in [-0.2, 0) is 11.2 Å². The zero-order valence-corrected chi connectivity index (χ0v) is 10.1. The van der Waals surface area contributed by atoms with Crippen LogP contribution in [0.1, 0.15) is 5.56 Å². The molecule has 0 heterocycles. The fourth-order valence-electron chi connectivity index (χ4n) is 1.35. The van der Waals surface area contributed by atoms with Gasteiger partial charge >= 0.3 is 12.0 Å². The number of aliphatic hydroxyl groups excluding tert-OH is 1. The van der Waals surface area contributed by atoms with Crippen molar-refractivity contribution >= 4 is 12.0 Å². The van der Waals surface area contributed by atoms with E-state index in [1.54, 1.807) is 18.2 Å². The standard InChI is InChI=1S/C12H15FN2O4/c13-9-4-2-1-3-8(9)5-6-14-12(19)15-7-10(16)11(17)18/h1-4,10,16H,5-7H2,(H,17,18)(H2,14,15,19)/t10-/m0/s1. The molecule has 0 saturated heterocycles. The van der Waals surface area contributed by atoms with Gasteiger partial charge in [0, 0.05) is 6.54 Å². The van der Waals surface area contributed by atoms with Crippen LogP contribution in [-0.4, -0.2) is 41.4 Å². The van der Waals surface area contributed by atoms with Crippen molar-refractivity contribution in [3.63, 3.8) is 0 Å². The second-order valence-corrected chi connectivity index (χ2v) is 3.83. The zero-order chi connectivity index (χ0) is 14.3. The van der Waals surface area contributed by atoms with Gasteiger partial charge in [-0.2, -0.15) is 0 Å². The first-order valence-corrected chi connectivity index (χ1v) is 5.66. The lowest BCUT2D eigenvalue weighted by Gasteiger charge is -2.09. The van der Waals surface area contributed by atoms with Crippen LogP contribution in [0, 0.1) is 5.82 Å². The number of carbonyl (C=O) groups is 2. The van der Waals surface area contributed by atoms with Gasteiger partial charge in [0.05, 0.1) is 6.54 Å². The summed E-state index contributed by atoms with van der Waals surface area (Å²) in [6.45, 7) is -0.184. The Hall–Kier alpha value is -2.15. The molecule has 0 aromatic heterocycles. The van der Waals surface area contributed by atoms with Gasteiger partial charge in [0.1, 0.15) is 5.82 Å². The van der Waals surface area contributed by atoms with E-state index in [2.05, 4.69) is 10.6 Å². The summed E-state index contributed by atoms with van der Waals surface area (Å²) >= 11 is 0. The number of rotatable bonds is 6. The minimum absolute atomic E-state index is 0.204. The second kappa shape index (κ2) is 7.32. The molecule has 1 aromatic carbocycles. The zero-order valence-electron chi connectivity index (χ0n) is 10.1. The molecule has 104 valence electrons. The Morgan fingerprint density at radius 2 is 1.95 bits per heavy atom. The van der Waals surface area contributed by atoms with Gasteiger partial charge in [-0.05, 0) is 18.1 Å². The van der Waals surface area contributed by atoms with E-state index >= 15 is 0 Å². The third kappa shape index (κ3) is 5.35. The van der Waals surface area contributed by atoms with E-state index < -0.39 is 18.1 Å². The van der Waals surface area contributed by atoms with Crippen molar-refractivity contribution in [1.82, 2.24) is 10.6 Å². The maximum Gasteiger partial charge on any atom is 0.334 e. The van der Waals surface area contributed by atoms with Crippen molar-refractivity contribution in [1.29, 1.82) is 0 Å². The number of hydrogen-bond donors (Lipinski definition) is 4. The molecule has 7 heteroatoms. The Labute approximate surface area is 109 Å². The lowest BCUT2D eigenvalue weighted by Crippen LogP contribution is -2.42. The molecule has 4 N–H and O–H groups in total. The number of halogens is 1. The number of aliphatic hydroxyl groups is 1. The van der Waals surface area contributed by atoms with E-state index in [0.29, 0.717) is 12.0 Å². The minimum atomic E-state index is -1.64. The minimum Gasteiger partial charge on any atom is -0.479 e. The summed E-state index contributed by atoms with van der Waals surface area (Å²) in [5, 5.41) is 21.9. The summed E-state index contributed by atoms with van der Waals surface area (Å²) in [5.74, 6) is -1.75. The topological polar surface area (TPSA) is 98.7 Å². The summed E-state index contributed by atoms with van der Waals surface area (Å²) in [6.07, 6.45) is -1.32. The molecule has 1 aromatic rings. The molecule has 0 radical (unpaired) electrons. The van der Waals surface area contributed by atoms with Crippen LogP contribution in [0.3, 0.4) is 0 Å². The van der Waals surface area contributed by atoms with Crippen LogP contribution >= 0.6 is 0 Å². The van der Waals surface area contributed by atoms with Gasteiger partial charge in [-0.25, -0.2) is 14.0 Å². The monoisotopic (exact) mass is 270 g/mol. The van der Waals surface area contributed by atoms with Crippen LogP contribution in [0.25, 0.3) is 0 Å². The first-order chi connectivity index (χ1) is 9.00. The SMILES string of the molecule is O=C(NCCc1ccccc1F)NC[C@H](O)C(=O)O. The average Bonchev–Trinajstić information content (AvgIpc) is 2.38. The Morgan fingerprint density at radius 1 is 1.26 bits per heavy atom. The van der Waals surface area contributed by atoms with Crippen molar-refractivity contribution in [3.05, 3.63) is 35.6 Å². The van der Waals surface area contributed by atoms with Gasteiger partial charge < -0.3 is 20.8 Å². The van der Waals surface area contributed by atoms with Crippen molar-refractivity contribution in [2.45, 2.75) is 12.5 Å². The van der Waals surface area contributed by atoms with Crippen LogP contribution in [0.2, 0.25) is 0 Å². The van der Waals surface area contributed by atoms with Crippen molar-refractivity contribution in [2.24, 2.45) is 0 Å². The lowest BCUT2D eigenvalue weighted by atomic mass is 10.1. The second-order valence-electron chi connectivity index (χ2n) is 3.83. The predicted molar refractivity (Wildman–Crippen MR) is 65.1 cm³/mol. The summed E-state index contributed by atoms with van der Waals surface area (Å²) in [4.78, 5) is 21.5. The third-order valence-corrected chi connectivity index (χ3v) is 2.38. The Bertz CT molecular complexity index is 453. The molecule has 1 rings (SSSR count). The molecule has 0 aliphatic carbocycles. The molecule has 0 unspecified atom stereocenters. The highest BCUT2D eigenvalue weighted by Gasteiger charge is 2.13. The lowest BCUT2D eigenvalue weighted by molar-refractivity contribution is -0.146. The third-order valence-electron chi connectivity index (χ3n) is 2.38. The molecule has 0 aliphatic heterocycles. The molecule has 2 amide bonds. The summed E-state index contributed by atoms with van der Waals surface area (Å²) in [7, 11) is 0. The van der Waals surface area contributed by atoms with Crippen molar-refractivity contribution < 1.29 is 24.2 Å². The van der Waals surface area contributed by atoms with E-state index in [4.69, 9.17) is 10.2 Å². The Kier molecular flexibility index (Phi) is 5.74. The van der Waals surface area contributed by atoms with Gasteiger partial charge in [-0.3, -0.25) is 0 Å². The molecule has 6 nitrogen and oxygen atoms in total. The number of carboxylic acid groups (broad SMARTS) is 1. The van der Waals surface area contributed by atoms with E-state index in [1.165, 1.54) is 6.07 Å². The maximum absolute atomic E-state index is 13.2. The molecule has 0 spiro atoms. The highest BCUT2D eigenvalue weighted by Crippen LogP contribution is 2.05. The predicted octanol–water partition coefficient (Wildman–Crippen LogP) is 0.113. The molecule has 0 fully saturated rings. The quantitative estimate of drug-likeness (QED) is 0.589. The Morgan fingerprint density at radius 3 is 2.58 bits per heavy atom. The largest absolute Gasteiger partial charge is 0.479 e. The molecular formula is C12H15FN2O4. The van der Waals surface area contributed by atoms with Crippen LogP contribution in [0.15, 0.2) is 24.3 Å². The molecule has 19 heavy (non-hydrogen) atoms. The van der Waals surface area contributed by atoms with Gasteiger partial charge in [0.25, 0.3) is 0 Å². The summed E-state index contributed by atoms with van der Waals surface area (Å²) in [5.41, 5.74) is 0.480. The van der Waals surface area contributed by atoms with Crippen LogP contribution in [0.4, 0.5) is 9.18 Å². The normalized spacial score (nSPS) is 11.7. The van der Waals surface area contributed by atoms with Gasteiger partial charge in [0.15, 0.2) is 6.10 Å². The Balaban J connectivity index is 2.24. The molecule has 0 aliphatic rings. The smallest absolute Gasteiger partial charge is 0.334 e. The number of hydrogen-bond acceptors (Lipinski definition) is 3. The number of aliphatic carboxylic acids is 1. The highest BCUT2D eigenvalue weighted by atomic mass is 19.1. The van der Waals surface area contributed by atoms with Crippen molar-refractivity contribution in [2.75, 3.05) is 13.1 Å². The average molecular weight is 270 g/mol. The molecular weight excluding hydrogens is 255 g/mol. The molecule has 1 atom stereocenters. The number of benzene rings is 1. The molecule has 0 bridgehead atoms. The van der Waals surface area contributed by atoms with Crippen LogP contribution in [0.5, 0.6) is 0 Å². The first-order valence-electron chi connectivity index (χ1n) is 5.66. The van der Waals surface area contributed by atoms with E-state index in [-0.39, 0.29) is 18.9 Å². The van der Waals surface area contributed by atoms with Gasteiger partial charge in [0.2, 0.25) is 0 Å². The first kappa shape index (κ1) is 14.9. The summed E-state index contributed by atoms with van der Waals surface area (Å²) in [6, 6.07) is 5.60. The summed E-state index contributed by atoms with van der Waals surface area (Å²) < 4.78 is 13.2. The molecule has 0 saturated carbocycles. The number of amides is 2. The number of urea groups is 1. The van der Waals surface area contributed by atoms with E-state index in [9.17, 15) is 14.0 Å². The number of carbonyl (C=O) groups excluding carboxylic acids is 1. The van der Waals surface area contributed by atoms with Gasteiger partial charge in [-0.1, -0.05) is 18.2 Å². The highest BCUT2D eigenvalue weighted by molar-refractivity contribution is 5.76. The van der Waals surface area contributed by atoms with Gasteiger partial charge in [-0.15, -0.1) is 0 Å². The van der Waals surface area contributed by atoms with Crippen LogP contribution < -0.4 is 10.6 Å². The maximum atomic E-state index is 13.2. The number of nitrogens with one attached hydrogen (secondary N) is 2. The van der Waals surface area contributed by atoms with Crippen molar-refractivity contribution in [3.8, 4) is 0 Å². The fourth-order valence-corrected chi connectivity index (χ4v) is 1.35. The van der Waals surface area contributed by atoms with E-state index in [1.807, 2.05) is 0 Å². The van der Waals surface area contributed by atoms with E-state index in [0.717, 1.165) is 0 Å².